The van der Waals surface area contributed by atoms with Crippen molar-refractivity contribution in [2.24, 2.45) is 17.8 Å². The van der Waals surface area contributed by atoms with E-state index in [4.69, 9.17) is 0 Å². The molecule has 2 N–H and O–H groups in total. The summed E-state index contributed by atoms with van der Waals surface area (Å²) in [6.07, 6.45) is 8.24. The van der Waals surface area contributed by atoms with E-state index in [1.165, 1.54) is 32.1 Å². The Morgan fingerprint density at radius 1 is 1.23 bits per heavy atom. The average Bonchev–Trinajstić information content (AvgIpc) is 2.47. The number of carboxylic acids is 1. The summed E-state index contributed by atoms with van der Waals surface area (Å²) >= 11 is 0. The van der Waals surface area contributed by atoms with Gasteiger partial charge in [-0.3, -0.25) is 4.79 Å². The molecule has 5 heteroatoms. The van der Waals surface area contributed by atoms with Gasteiger partial charge in [0.2, 0.25) is 0 Å². The maximum atomic E-state index is 12.4. The van der Waals surface area contributed by atoms with Gasteiger partial charge in [0.15, 0.2) is 0 Å². The molecule has 1 heterocycles. The maximum Gasteiger partial charge on any atom is 0.317 e. The molecule has 0 radical (unpaired) electrons. The third kappa shape index (κ3) is 4.89. The molecule has 0 aromatic carbocycles. The second-order valence-corrected chi connectivity index (χ2v) is 7.37. The normalized spacial score (nSPS) is 28.2. The van der Waals surface area contributed by atoms with Crippen molar-refractivity contribution in [1.82, 2.24) is 10.2 Å². The first-order valence-electron chi connectivity index (χ1n) is 8.74. The van der Waals surface area contributed by atoms with Crippen molar-refractivity contribution in [2.45, 2.75) is 64.8 Å². The van der Waals surface area contributed by atoms with Crippen molar-refractivity contribution in [3.63, 3.8) is 0 Å². The zero-order valence-electron chi connectivity index (χ0n) is 13.9. The molecule has 2 fully saturated rings. The standard InChI is InChI=1S/C17H30N2O3/c1-12-8-15(16(20)21)11-19(10-12)17(22)18-13(2)9-14-6-4-3-5-7-14/h12-15H,3-11H2,1-2H3,(H,18,22)(H,20,21)/t12?,13-,15?/m1/s1. The number of carbonyl (C=O) groups excluding carboxylic acids is 1. The third-order valence-electron chi connectivity index (χ3n) is 5.08. The number of aliphatic carboxylic acids is 1. The van der Waals surface area contributed by atoms with Crippen molar-refractivity contribution < 1.29 is 14.7 Å². The molecule has 0 aromatic rings. The molecule has 1 aliphatic carbocycles. The van der Waals surface area contributed by atoms with E-state index in [1.54, 1.807) is 4.90 Å². The first-order chi connectivity index (χ1) is 10.5. The zero-order chi connectivity index (χ0) is 16.1. The molecular formula is C17H30N2O3. The lowest BCUT2D eigenvalue weighted by atomic mass is 9.85. The van der Waals surface area contributed by atoms with Gasteiger partial charge < -0.3 is 15.3 Å². The SMILES string of the molecule is CC1CC(C(=O)O)CN(C(=O)N[C@H](C)CC2CCCCC2)C1. The van der Waals surface area contributed by atoms with Crippen molar-refractivity contribution in [1.29, 1.82) is 0 Å². The highest BCUT2D eigenvalue weighted by atomic mass is 16.4. The number of piperidine rings is 1. The molecule has 2 aliphatic rings. The summed E-state index contributed by atoms with van der Waals surface area (Å²) in [4.78, 5) is 25.3. The monoisotopic (exact) mass is 310 g/mol. The Morgan fingerprint density at radius 2 is 1.91 bits per heavy atom. The fourth-order valence-electron chi connectivity index (χ4n) is 3.98. The number of urea groups is 1. The van der Waals surface area contributed by atoms with Gasteiger partial charge in [0.1, 0.15) is 0 Å². The van der Waals surface area contributed by atoms with E-state index < -0.39 is 11.9 Å². The van der Waals surface area contributed by atoms with Crippen LogP contribution in [0.15, 0.2) is 0 Å². The van der Waals surface area contributed by atoms with Gasteiger partial charge in [0.05, 0.1) is 5.92 Å². The molecule has 1 saturated heterocycles. The molecular weight excluding hydrogens is 280 g/mol. The lowest BCUT2D eigenvalue weighted by molar-refractivity contribution is -0.143. The summed E-state index contributed by atoms with van der Waals surface area (Å²) in [6.45, 7) is 5.07. The van der Waals surface area contributed by atoms with E-state index in [-0.39, 0.29) is 18.0 Å². The van der Waals surface area contributed by atoms with E-state index in [0.717, 1.165) is 12.3 Å². The van der Waals surface area contributed by atoms with Gasteiger partial charge in [-0.15, -0.1) is 0 Å². The Hall–Kier alpha value is -1.26. The molecule has 2 rings (SSSR count). The number of carbonyl (C=O) groups is 2. The predicted octanol–water partition coefficient (Wildman–Crippen LogP) is 3.10. The molecule has 0 bridgehead atoms. The Labute approximate surface area is 133 Å². The van der Waals surface area contributed by atoms with Crippen molar-refractivity contribution in [3.05, 3.63) is 0 Å². The number of nitrogens with zero attached hydrogens (tertiary/aromatic N) is 1. The summed E-state index contributed by atoms with van der Waals surface area (Å²) in [5.74, 6) is -0.242. The fourth-order valence-corrected chi connectivity index (χ4v) is 3.98. The van der Waals surface area contributed by atoms with Crippen molar-refractivity contribution >= 4 is 12.0 Å². The number of amides is 2. The molecule has 1 aliphatic heterocycles. The fraction of sp³-hybridized carbons (Fsp3) is 0.882. The van der Waals surface area contributed by atoms with Crippen LogP contribution in [0.3, 0.4) is 0 Å². The molecule has 2 amide bonds. The van der Waals surface area contributed by atoms with Crippen LogP contribution < -0.4 is 5.32 Å². The number of rotatable bonds is 4. The number of hydrogen-bond donors (Lipinski definition) is 2. The minimum absolute atomic E-state index is 0.0962. The Morgan fingerprint density at radius 3 is 2.55 bits per heavy atom. The van der Waals surface area contributed by atoms with Crippen LogP contribution in [0.5, 0.6) is 0 Å². The molecule has 3 atom stereocenters. The highest BCUT2D eigenvalue weighted by Crippen LogP contribution is 2.27. The average molecular weight is 310 g/mol. The lowest BCUT2D eigenvalue weighted by Crippen LogP contribution is -2.51. The van der Waals surface area contributed by atoms with Gasteiger partial charge in [0.25, 0.3) is 0 Å². The van der Waals surface area contributed by atoms with E-state index in [2.05, 4.69) is 12.2 Å². The topological polar surface area (TPSA) is 69.6 Å². The molecule has 126 valence electrons. The van der Waals surface area contributed by atoms with Crippen LogP contribution in [0.2, 0.25) is 0 Å². The van der Waals surface area contributed by atoms with Crippen LogP contribution in [-0.2, 0) is 4.79 Å². The number of nitrogens with one attached hydrogen (secondary N) is 1. The van der Waals surface area contributed by atoms with Gasteiger partial charge in [0, 0.05) is 19.1 Å². The summed E-state index contributed by atoms with van der Waals surface area (Å²) in [7, 11) is 0. The summed E-state index contributed by atoms with van der Waals surface area (Å²) in [5.41, 5.74) is 0. The van der Waals surface area contributed by atoms with Crippen LogP contribution in [-0.4, -0.2) is 41.1 Å². The van der Waals surface area contributed by atoms with Gasteiger partial charge in [-0.25, -0.2) is 4.79 Å². The van der Waals surface area contributed by atoms with Gasteiger partial charge in [-0.2, -0.15) is 0 Å². The summed E-state index contributed by atoms with van der Waals surface area (Å²) < 4.78 is 0. The number of hydrogen-bond acceptors (Lipinski definition) is 2. The van der Waals surface area contributed by atoms with Gasteiger partial charge >= 0.3 is 12.0 Å². The number of carboxylic acid groups (broad SMARTS) is 1. The highest BCUT2D eigenvalue weighted by molar-refractivity contribution is 5.76. The smallest absolute Gasteiger partial charge is 0.317 e. The van der Waals surface area contributed by atoms with E-state index >= 15 is 0 Å². The molecule has 1 saturated carbocycles. The second kappa shape index (κ2) is 7.84. The molecule has 5 nitrogen and oxygen atoms in total. The van der Waals surface area contributed by atoms with Gasteiger partial charge in [-0.05, 0) is 31.6 Å². The molecule has 22 heavy (non-hydrogen) atoms. The van der Waals surface area contributed by atoms with E-state index in [1.807, 2.05) is 6.92 Å². The maximum absolute atomic E-state index is 12.4. The lowest BCUT2D eigenvalue weighted by Gasteiger charge is -2.35. The van der Waals surface area contributed by atoms with Crippen molar-refractivity contribution in [2.75, 3.05) is 13.1 Å². The molecule has 2 unspecified atom stereocenters. The third-order valence-corrected chi connectivity index (χ3v) is 5.08. The Bertz CT molecular complexity index is 393. The summed E-state index contributed by atoms with van der Waals surface area (Å²) in [5, 5.41) is 12.3. The second-order valence-electron chi connectivity index (χ2n) is 7.37. The first kappa shape index (κ1) is 17.1. The zero-order valence-corrected chi connectivity index (χ0v) is 13.9. The predicted molar refractivity (Wildman–Crippen MR) is 85.7 cm³/mol. The summed E-state index contributed by atoms with van der Waals surface area (Å²) in [6, 6.07) is 0.0669. The minimum atomic E-state index is -0.792. The Balaban J connectivity index is 1.81. The van der Waals surface area contributed by atoms with Crippen LogP contribution in [0.25, 0.3) is 0 Å². The minimum Gasteiger partial charge on any atom is -0.481 e. The van der Waals surface area contributed by atoms with Crippen LogP contribution in [0.1, 0.15) is 58.8 Å². The Kier molecular flexibility index (Phi) is 6.09. The largest absolute Gasteiger partial charge is 0.481 e. The van der Waals surface area contributed by atoms with Gasteiger partial charge in [-0.1, -0.05) is 39.0 Å². The van der Waals surface area contributed by atoms with Crippen LogP contribution in [0.4, 0.5) is 4.79 Å². The number of likely N-dealkylation sites (tertiary alicyclic amines) is 1. The molecule has 0 spiro atoms. The first-order valence-corrected chi connectivity index (χ1v) is 8.74. The highest BCUT2D eigenvalue weighted by Gasteiger charge is 2.32. The molecule has 0 aromatic heterocycles. The quantitative estimate of drug-likeness (QED) is 0.838. The van der Waals surface area contributed by atoms with Crippen LogP contribution >= 0.6 is 0 Å². The van der Waals surface area contributed by atoms with E-state index in [0.29, 0.717) is 19.5 Å². The van der Waals surface area contributed by atoms with Crippen molar-refractivity contribution in [3.8, 4) is 0 Å². The van der Waals surface area contributed by atoms with Crippen LogP contribution in [0, 0.1) is 17.8 Å². The van der Waals surface area contributed by atoms with E-state index in [9.17, 15) is 14.7 Å².